The number of Topliss-reactive ketones (excluding diaryl/α,β-unsaturated/α-hetero) is 1. The normalized spacial score (nSPS) is 11.9. The summed E-state index contributed by atoms with van der Waals surface area (Å²) in [4.78, 5) is 42.6. The number of rotatable bonds is 6. The molecule has 0 fully saturated rings. The quantitative estimate of drug-likeness (QED) is 0.234. The lowest BCUT2D eigenvalue weighted by Crippen LogP contribution is -2.26. The van der Waals surface area contributed by atoms with Gasteiger partial charge in [0, 0.05) is 11.3 Å². The number of ketones is 1. The van der Waals surface area contributed by atoms with Crippen molar-refractivity contribution in [2.24, 2.45) is 0 Å². The molecule has 0 aliphatic heterocycles. The van der Waals surface area contributed by atoms with E-state index in [1.54, 1.807) is 47.9 Å². The molecule has 1 heterocycles. The van der Waals surface area contributed by atoms with Crippen LogP contribution in [0.15, 0.2) is 76.7 Å². The summed E-state index contributed by atoms with van der Waals surface area (Å²) >= 11 is 1.23. The van der Waals surface area contributed by atoms with Gasteiger partial charge in [-0.1, -0.05) is 41.6 Å². The second-order valence-corrected chi connectivity index (χ2v) is 9.53. The highest BCUT2D eigenvalue weighted by atomic mass is 32.2. The van der Waals surface area contributed by atoms with Gasteiger partial charge in [0.05, 0.1) is 21.8 Å². The largest absolute Gasteiger partial charge is 0.325 e. The molecule has 7 heteroatoms. The van der Waals surface area contributed by atoms with Crippen molar-refractivity contribution in [2.45, 2.75) is 38.1 Å². The summed E-state index contributed by atoms with van der Waals surface area (Å²) in [6, 6.07) is 19.9. The zero-order chi connectivity index (χ0) is 24.4. The Hall–Kier alpha value is -3.71. The van der Waals surface area contributed by atoms with Crippen LogP contribution in [0.3, 0.4) is 0 Å². The monoisotopic (exact) mass is 471 g/mol. The molecule has 4 rings (SSSR count). The summed E-state index contributed by atoms with van der Waals surface area (Å²) in [7, 11) is 0. The Morgan fingerprint density at radius 1 is 1.00 bits per heavy atom. The molecule has 34 heavy (non-hydrogen) atoms. The van der Waals surface area contributed by atoms with Crippen LogP contribution in [0.25, 0.3) is 16.6 Å². The first kappa shape index (κ1) is 23.4. The number of nitrogens with one attached hydrogen (secondary N) is 1. The van der Waals surface area contributed by atoms with Crippen LogP contribution in [-0.4, -0.2) is 26.5 Å². The molecule has 172 valence electrons. The molecule has 3 aromatic carbocycles. The van der Waals surface area contributed by atoms with Gasteiger partial charge in [-0.05, 0) is 75.7 Å². The Kier molecular flexibility index (Phi) is 6.65. The molecular weight excluding hydrogens is 446 g/mol. The fourth-order valence-corrected chi connectivity index (χ4v) is 4.62. The Bertz CT molecular complexity index is 1460. The van der Waals surface area contributed by atoms with Crippen LogP contribution >= 0.6 is 11.8 Å². The van der Waals surface area contributed by atoms with E-state index in [4.69, 9.17) is 4.98 Å². The number of amides is 1. The Balaban J connectivity index is 1.69. The molecule has 0 spiro atoms. The molecule has 0 radical (unpaired) electrons. The maximum atomic E-state index is 13.5. The molecule has 6 nitrogen and oxygen atoms in total. The minimum Gasteiger partial charge on any atom is -0.325 e. The van der Waals surface area contributed by atoms with Crippen molar-refractivity contribution in [3.63, 3.8) is 0 Å². The van der Waals surface area contributed by atoms with Crippen molar-refractivity contribution in [1.82, 2.24) is 9.55 Å². The van der Waals surface area contributed by atoms with Gasteiger partial charge in [0.1, 0.15) is 0 Å². The summed E-state index contributed by atoms with van der Waals surface area (Å²) < 4.78 is 1.59. The molecular formula is C27H25N3O3S. The highest BCUT2D eigenvalue weighted by Crippen LogP contribution is 2.27. The summed E-state index contributed by atoms with van der Waals surface area (Å²) in [5.41, 5.74) is 4.38. The first-order valence-corrected chi connectivity index (χ1v) is 11.8. The molecule has 1 aromatic heterocycles. The lowest BCUT2D eigenvalue weighted by Gasteiger charge is -2.18. The fourth-order valence-electron chi connectivity index (χ4n) is 3.70. The molecule has 0 aliphatic rings. The van der Waals surface area contributed by atoms with Gasteiger partial charge in [-0.25, -0.2) is 4.98 Å². The molecule has 1 amide bonds. The Labute approximate surface area is 202 Å². The average molecular weight is 472 g/mol. The molecule has 1 atom stereocenters. The number of aryl methyl sites for hydroxylation is 2. The number of fused-ring (bicyclic) bond motifs is 1. The smallest absolute Gasteiger partial charge is 0.266 e. The van der Waals surface area contributed by atoms with Gasteiger partial charge in [0.2, 0.25) is 5.91 Å². The van der Waals surface area contributed by atoms with Gasteiger partial charge in [0.25, 0.3) is 5.56 Å². The molecule has 0 bridgehead atoms. The molecule has 0 unspecified atom stereocenters. The second-order valence-electron chi connectivity index (χ2n) is 8.22. The van der Waals surface area contributed by atoms with Crippen molar-refractivity contribution >= 4 is 40.0 Å². The van der Waals surface area contributed by atoms with Crippen LogP contribution in [0.2, 0.25) is 0 Å². The molecule has 4 aromatic rings. The highest BCUT2D eigenvalue weighted by Gasteiger charge is 2.21. The Morgan fingerprint density at radius 2 is 1.71 bits per heavy atom. The average Bonchev–Trinajstić information content (AvgIpc) is 2.80. The van der Waals surface area contributed by atoms with Crippen molar-refractivity contribution in [1.29, 1.82) is 0 Å². The van der Waals surface area contributed by atoms with E-state index in [9.17, 15) is 14.4 Å². The second kappa shape index (κ2) is 9.65. The zero-order valence-electron chi connectivity index (χ0n) is 19.5. The van der Waals surface area contributed by atoms with Gasteiger partial charge in [-0.2, -0.15) is 0 Å². The summed E-state index contributed by atoms with van der Waals surface area (Å²) in [6.07, 6.45) is 0. The van der Waals surface area contributed by atoms with E-state index in [1.165, 1.54) is 18.7 Å². The van der Waals surface area contributed by atoms with Gasteiger partial charge in [0.15, 0.2) is 10.9 Å². The first-order chi connectivity index (χ1) is 16.2. The van der Waals surface area contributed by atoms with Crippen LogP contribution in [-0.2, 0) is 4.79 Å². The number of hydrogen-bond donors (Lipinski definition) is 1. The highest BCUT2D eigenvalue weighted by molar-refractivity contribution is 8.00. The van der Waals surface area contributed by atoms with Gasteiger partial charge in [-0.15, -0.1) is 0 Å². The predicted molar refractivity (Wildman–Crippen MR) is 137 cm³/mol. The standard InChI is InChI=1S/C27H25N3O3S/c1-16-9-14-24(17(2)15-16)30-26(33)22-7-5-6-8-23(22)29-27(30)34-19(4)25(32)28-21-12-10-20(11-13-21)18(3)31/h5-15,19H,1-4H3,(H,28,32)/t19-/m1/s1. The van der Waals surface area contributed by atoms with Gasteiger partial charge >= 0.3 is 0 Å². The van der Waals surface area contributed by atoms with Crippen LogP contribution in [0.1, 0.15) is 35.3 Å². The van der Waals surface area contributed by atoms with E-state index in [0.717, 1.165) is 16.8 Å². The molecule has 0 saturated heterocycles. The third kappa shape index (κ3) is 4.79. The first-order valence-electron chi connectivity index (χ1n) is 10.9. The van der Waals surface area contributed by atoms with Crippen LogP contribution < -0.4 is 10.9 Å². The van der Waals surface area contributed by atoms with E-state index in [0.29, 0.717) is 27.3 Å². The third-order valence-electron chi connectivity index (χ3n) is 5.55. The van der Waals surface area contributed by atoms with E-state index in [-0.39, 0.29) is 17.2 Å². The SMILES string of the molecule is CC(=O)c1ccc(NC(=O)[C@@H](C)Sc2nc3ccccc3c(=O)n2-c2ccc(C)cc2C)cc1. The lowest BCUT2D eigenvalue weighted by molar-refractivity contribution is -0.115. The van der Waals surface area contributed by atoms with Crippen LogP contribution in [0.4, 0.5) is 5.69 Å². The maximum Gasteiger partial charge on any atom is 0.266 e. The van der Waals surface area contributed by atoms with Gasteiger partial charge in [-0.3, -0.25) is 19.0 Å². The minimum absolute atomic E-state index is 0.0338. The molecule has 0 saturated carbocycles. The minimum atomic E-state index is -0.530. The number of thioether (sulfide) groups is 1. The van der Waals surface area contributed by atoms with E-state index < -0.39 is 5.25 Å². The number of carbonyl (C=O) groups excluding carboxylic acids is 2. The number of anilines is 1. The van der Waals surface area contributed by atoms with Crippen LogP contribution in [0, 0.1) is 13.8 Å². The topological polar surface area (TPSA) is 81.1 Å². The van der Waals surface area contributed by atoms with E-state index >= 15 is 0 Å². The van der Waals surface area contributed by atoms with Crippen molar-refractivity contribution < 1.29 is 9.59 Å². The van der Waals surface area contributed by atoms with Crippen molar-refractivity contribution in [3.8, 4) is 5.69 Å². The maximum absolute atomic E-state index is 13.5. The number of aromatic nitrogens is 2. The van der Waals surface area contributed by atoms with Gasteiger partial charge < -0.3 is 5.32 Å². The number of carbonyl (C=O) groups is 2. The summed E-state index contributed by atoms with van der Waals surface area (Å²) in [6.45, 7) is 7.23. The summed E-state index contributed by atoms with van der Waals surface area (Å²) in [5.74, 6) is -0.260. The Morgan fingerprint density at radius 3 is 2.38 bits per heavy atom. The molecule has 1 N–H and O–H groups in total. The number of para-hydroxylation sites is 1. The van der Waals surface area contributed by atoms with Crippen molar-refractivity contribution in [3.05, 3.63) is 93.8 Å². The van der Waals surface area contributed by atoms with E-state index in [2.05, 4.69) is 5.32 Å². The van der Waals surface area contributed by atoms with E-state index in [1.807, 2.05) is 44.2 Å². The number of nitrogens with zero attached hydrogens (tertiary/aromatic N) is 2. The molecule has 0 aliphatic carbocycles. The number of hydrogen-bond acceptors (Lipinski definition) is 5. The van der Waals surface area contributed by atoms with Crippen LogP contribution in [0.5, 0.6) is 0 Å². The zero-order valence-corrected chi connectivity index (χ0v) is 20.3. The fraction of sp³-hybridized carbons (Fsp3) is 0.185. The number of benzene rings is 3. The predicted octanol–water partition coefficient (Wildman–Crippen LogP) is 5.32. The lowest BCUT2D eigenvalue weighted by atomic mass is 10.1. The van der Waals surface area contributed by atoms with Crippen molar-refractivity contribution in [2.75, 3.05) is 5.32 Å². The third-order valence-corrected chi connectivity index (χ3v) is 6.60. The summed E-state index contributed by atoms with van der Waals surface area (Å²) in [5, 5.41) is 3.31.